The molecule has 2 aromatic heterocycles. The van der Waals surface area contributed by atoms with Gasteiger partial charge in [-0.25, -0.2) is 14.4 Å². The fourth-order valence-electron chi connectivity index (χ4n) is 3.04. The molecule has 8 heteroatoms. The molecule has 1 N–H and O–H groups in total. The SMILES string of the molecule is O=C(Nc1ccc(-n2ccnc2)nc1)[C@H]1CC(=O)N(c2ccccc2F)C1. The van der Waals surface area contributed by atoms with E-state index in [-0.39, 0.29) is 30.5 Å². The predicted octanol–water partition coefficient (Wildman–Crippen LogP) is 2.40. The molecule has 0 bridgehead atoms. The molecule has 2 amide bonds. The van der Waals surface area contributed by atoms with Crippen molar-refractivity contribution in [3.63, 3.8) is 0 Å². The number of imidazole rings is 1. The van der Waals surface area contributed by atoms with Gasteiger partial charge in [-0.05, 0) is 24.3 Å². The highest BCUT2D eigenvalue weighted by Crippen LogP contribution is 2.28. The van der Waals surface area contributed by atoms with Crippen molar-refractivity contribution < 1.29 is 14.0 Å². The Morgan fingerprint density at radius 1 is 1.22 bits per heavy atom. The monoisotopic (exact) mass is 365 g/mol. The van der Waals surface area contributed by atoms with Gasteiger partial charge in [0.15, 0.2) is 0 Å². The van der Waals surface area contributed by atoms with E-state index >= 15 is 0 Å². The highest BCUT2D eigenvalue weighted by atomic mass is 19.1. The van der Waals surface area contributed by atoms with Gasteiger partial charge in [-0.2, -0.15) is 0 Å². The van der Waals surface area contributed by atoms with Crippen molar-refractivity contribution in [1.82, 2.24) is 14.5 Å². The van der Waals surface area contributed by atoms with E-state index in [1.165, 1.54) is 17.0 Å². The molecule has 1 aliphatic rings. The minimum atomic E-state index is -0.551. The van der Waals surface area contributed by atoms with Gasteiger partial charge in [0.05, 0.1) is 23.5 Å². The van der Waals surface area contributed by atoms with E-state index in [4.69, 9.17) is 0 Å². The Kier molecular flexibility index (Phi) is 4.37. The first-order valence-corrected chi connectivity index (χ1v) is 8.42. The van der Waals surface area contributed by atoms with E-state index in [0.29, 0.717) is 11.5 Å². The summed E-state index contributed by atoms with van der Waals surface area (Å²) < 4.78 is 15.7. The van der Waals surface area contributed by atoms with Crippen LogP contribution in [-0.4, -0.2) is 32.9 Å². The number of carbonyl (C=O) groups is 2. The lowest BCUT2D eigenvalue weighted by Gasteiger charge is -2.17. The minimum absolute atomic E-state index is 0.0424. The Morgan fingerprint density at radius 2 is 2.07 bits per heavy atom. The summed E-state index contributed by atoms with van der Waals surface area (Å²) in [6, 6.07) is 9.53. The van der Waals surface area contributed by atoms with Gasteiger partial charge in [0.25, 0.3) is 0 Å². The largest absolute Gasteiger partial charge is 0.324 e. The van der Waals surface area contributed by atoms with Crippen molar-refractivity contribution in [3.8, 4) is 5.82 Å². The van der Waals surface area contributed by atoms with Crippen molar-refractivity contribution in [2.75, 3.05) is 16.8 Å². The minimum Gasteiger partial charge on any atom is -0.324 e. The van der Waals surface area contributed by atoms with E-state index in [0.717, 1.165) is 0 Å². The van der Waals surface area contributed by atoms with Crippen molar-refractivity contribution in [3.05, 3.63) is 67.1 Å². The second-order valence-corrected chi connectivity index (χ2v) is 6.22. The number of halogens is 1. The van der Waals surface area contributed by atoms with Crippen LogP contribution in [0.2, 0.25) is 0 Å². The molecule has 0 spiro atoms. The van der Waals surface area contributed by atoms with E-state index in [1.807, 2.05) is 0 Å². The lowest BCUT2D eigenvalue weighted by Crippen LogP contribution is -2.28. The number of hydrogen-bond donors (Lipinski definition) is 1. The molecule has 7 nitrogen and oxygen atoms in total. The van der Waals surface area contributed by atoms with Crippen LogP contribution in [0.25, 0.3) is 5.82 Å². The smallest absolute Gasteiger partial charge is 0.229 e. The number of hydrogen-bond acceptors (Lipinski definition) is 4. The molecule has 4 rings (SSSR count). The van der Waals surface area contributed by atoms with Crippen LogP contribution >= 0.6 is 0 Å². The van der Waals surface area contributed by atoms with Gasteiger partial charge < -0.3 is 10.2 Å². The highest BCUT2D eigenvalue weighted by Gasteiger charge is 2.36. The summed E-state index contributed by atoms with van der Waals surface area (Å²) in [5.74, 6) is -0.919. The van der Waals surface area contributed by atoms with Gasteiger partial charge in [0.1, 0.15) is 18.0 Å². The average molecular weight is 365 g/mol. The zero-order valence-corrected chi connectivity index (χ0v) is 14.2. The molecule has 0 saturated carbocycles. The molecule has 1 saturated heterocycles. The van der Waals surface area contributed by atoms with Crippen molar-refractivity contribution in [2.45, 2.75) is 6.42 Å². The van der Waals surface area contributed by atoms with Crippen LogP contribution in [0, 0.1) is 11.7 Å². The Labute approximate surface area is 154 Å². The van der Waals surface area contributed by atoms with E-state index in [1.54, 1.807) is 53.8 Å². The first-order valence-electron chi connectivity index (χ1n) is 8.42. The third-order valence-corrected chi connectivity index (χ3v) is 4.42. The summed E-state index contributed by atoms with van der Waals surface area (Å²) in [5.41, 5.74) is 0.727. The molecule has 27 heavy (non-hydrogen) atoms. The van der Waals surface area contributed by atoms with Gasteiger partial charge >= 0.3 is 0 Å². The van der Waals surface area contributed by atoms with Crippen LogP contribution in [0.5, 0.6) is 0 Å². The molecule has 1 aliphatic heterocycles. The molecular formula is C19H16FN5O2. The molecule has 3 aromatic rings. The quantitative estimate of drug-likeness (QED) is 0.770. The summed E-state index contributed by atoms with van der Waals surface area (Å²) in [5, 5.41) is 2.76. The molecular weight excluding hydrogens is 349 g/mol. The molecule has 0 unspecified atom stereocenters. The average Bonchev–Trinajstić information content (AvgIpc) is 3.33. The number of nitrogens with one attached hydrogen (secondary N) is 1. The number of anilines is 2. The van der Waals surface area contributed by atoms with Crippen LogP contribution in [0.4, 0.5) is 15.8 Å². The van der Waals surface area contributed by atoms with E-state index < -0.39 is 11.7 Å². The Balaban J connectivity index is 1.43. The molecule has 1 atom stereocenters. The Bertz CT molecular complexity index is 972. The van der Waals surface area contributed by atoms with Gasteiger partial charge in [0, 0.05) is 25.4 Å². The number of rotatable bonds is 4. The predicted molar refractivity (Wildman–Crippen MR) is 96.8 cm³/mol. The standard InChI is InChI=1S/C19H16FN5O2/c20-15-3-1-2-4-16(15)25-11-13(9-18(25)26)19(27)23-14-5-6-17(22-10-14)24-8-7-21-12-24/h1-8,10,12-13H,9,11H2,(H,23,27)/t13-/m0/s1. The highest BCUT2D eigenvalue weighted by molar-refractivity contribution is 6.03. The van der Waals surface area contributed by atoms with Crippen molar-refractivity contribution in [2.24, 2.45) is 5.92 Å². The second-order valence-electron chi connectivity index (χ2n) is 6.22. The van der Waals surface area contributed by atoms with Crippen LogP contribution in [0.3, 0.4) is 0 Å². The summed E-state index contributed by atoms with van der Waals surface area (Å²) >= 11 is 0. The molecule has 0 aliphatic carbocycles. The van der Waals surface area contributed by atoms with Gasteiger partial charge in [-0.15, -0.1) is 0 Å². The van der Waals surface area contributed by atoms with Crippen molar-refractivity contribution >= 4 is 23.2 Å². The van der Waals surface area contributed by atoms with E-state index in [9.17, 15) is 14.0 Å². The normalized spacial score (nSPS) is 16.6. The van der Waals surface area contributed by atoms with Crippen LogP contribution in [0.15, 0.2) is 61.3 Å². The molecule has 3 heterocycles. The first-order chi connectivity index (χ1) is 13.1. The molecule has 1 aromatic carbocycles. The summed E-state index contributed by atoms with van der Waals surface area (Å²) in [7, 11) is 0. The zero-order chi connectivity index (χ0) is 18.8. The van der Waals surface area contributed by atoms with Gasteiger partial charge in [-0.3, -0.25) is 14.2 Å². The molecule has 1 fully saturated rings. The fraction of sp³-hybridized carbons (Fsp3) is 0.158. The van der Waals surface area contributed by atoms with Gasteiger partial charge in [-0.1, -0.05) is 12.1 Å². The van der Waals surface area contributed by atoms with Crippen LogP contribution in [-0.2, 0) is 9.59 Å². The third kappa shape index (κ3) is 3.41. The summed E-state index contributed by atoms with van der Waals surface area (Å²) in [6.07, 6.45) is 6.62. The maximum absolute atomic E-state index is 13.9. The lowest BCUT2D eigenvalue weighted by atomic mass is 10.1. The number of nitrogens with zero attached hydrogens (tertiary/aromatic N) is 4. The maximum Gasteiger partial charge on any atom is 0.229 e. The third-order valence-electron chi connectivity index (χ3n) is 4.42. The second kappa shape index (κ2) is 6.99. The first kappa shape index (κ1) is 16.9. The molecule has 0 radical (unpaired) electrons. The van der Waals surface area contributed by atoms with Gasteiger partial charge in [0.2, 0.25) is 11.8 Å². The van der Waals surface area contributed by atoms with E-state index in [2.05, 4.69) is 15.3 Å². The fourth-order valence-corrected chi connectivity index (χ4v) is 3.04. The summed E-state index contributed by atoms with van der Waals surface area (Å²) in [6.45, 7) is 0.145. The summed E-state index contributed by atoms with van der Waals surface area (Å²) in [4.78, 5) is 34.3. The lowest BCUT2D eigenvalue weighted by molar-refractivity contribution is -0.122. The number of para-hydroxylation sites is 1. The number of carbonyl (C=O) groups excluding carboxylic acids is 2. The van der Waals surface area contributed by atoms with Crippen LogP contribution < -0.4 is 10.2 Å². The topological polar surface area (TPSA) is 80.1 Å². The number of pyridine rings is 1. The Morgan fingerprint density at radius 3 is 2.78 bits per heavy atom. The molecule has 136 valence electrons. The number of amides is 2. The zero-order valence-electron chi connectivity index (χ0n) is 14.2. The maximum atomic E-state index is 13.9. The number of aromatic nitrogens is 3. The Hall–Kier alpha value is -3.55. The van der Waals surface area contributed by atoms with Crippen molar-refractivity contribution in [1.29, 1.82) is 0 Å². The number of benzene rings is 1. The van der Waals surface area contributed by atoms with Crippen LogP contribution in [0.1, 0.15) is 6.42 Å².